The third-order valence-corrected chi connectivity index (χ3v) is 5.77. The van der Waals surface area contributed by atoms with Crippen LogP contribution in [0.5, 0.6) is 0 Å². The molecule has 1 atom stereocenters. The monoisotopic (exact) mass is 408 g/mol. The lowest BCUT2D eigenvalue weighted by Gasteiger charge is -2.39. The molecule has 3 aromatic rings. The molecule has 8 nitrogen and oxygen atoms in total. The molecule has 0 saturated carbocycles. The number of piperazine rings is 1. The summed E-state index contributed by atoms with van der Waals surface area (Å²) in [7, 11) is 0. The number of rotatable bonds is 6. The second-order valence-electron chi connectivity index (χ2n) is 7.56. The van der Waals surface area contributed by atoms with Crippen molar-refractivity contribution in [1.82, 2.24) is 24.5 Å². The number of esters is 1. The number of carbonyl (C=O) groups is 1. The Morgan fingerprint density at radius 1 is 1.17 bits per heavy atom. The van der Waals surface area contributed by atoms with Crippen LogP contribution in [0.2, 0.25) is 0 Å². The molecule has 158 valence electrons. The van der Waals surface area contributed by atoms with E-state index >= 15 is 0 Å². The Labute approximate surface area is 176 Å². The van der Waals surface area contributed by atoms with Crippen molar-refractivity contribution in [3.63, 3.8) is 0 Å². The number of carbonyl (C=O) groups excluding carboxylic acids is 1. The van der Waals surface area contributed by atoms with Gasteiger partial charge in [-0.1, -0.05) is 30.3 Å². The molecule has 0 bridgehead atoms. The van der Waals surface area contributed by atoms with Crippen molar-refractivity contribution in [3.05, 3.63) is 53.5 Å². The fraction of sp³-hybridized carbons (Fsp3) is 0.455. The van der Waals surface area contributed by atoms with Gasteiger partial charge in [-0.05, 0) is 26.3 Å². The van der Waals surface area contributed by atoms with E-state index in [1.807, 2.05) is 19.9 Å². The predicted octanol–water partition coefficient (Wildman–Crippen LogP) is 2.42. The second-order valence-corrected chi connectivity index (χ2v) is 7.56. The highest BCUT2D eigenvalue weighted by atomic mass is 16.5. The zero-order valence-electron chi connectivity index (χ0n) is 17.8. The van der Waals surface area contributed by atoms with Gasteiger partial charge in [0.1, 0.15) is 12.1 Å². The Bertz CT molecular complexity index is 1010. The van der Waals surface area contributed by atoms with Crippen molar-refractivity contribution in [3.8, 4) is 0 Å². The van der Waals surface area contributed by atoms with Crippen LogP contribution in [-0.2, 0) is 16.0 Å². The van der Waals surface area contributed by atoms with Crippen LogP contribution in [0, 0.1) is 6.92 Å². The third kappa shape index (κ3) is 4.00. The largest absolute Gasteiger partial charge is 0.466 e. The quantitative estimate of drug-likeness (QED) is 0.580. The van der Waals surface area contributed by atoms with E-state index in [9.17, 15) is 4.79 Å². The Kier molecular flexibility index (Phi) is 5.94. The molecule has 0 spiro atoms. The number of hydrogen-bond donors (Lipinski definition) is 0. The number of aromatic nitrogens is 4. The van der Waals surface area contributed by atoms with Crippen LogP contribution in [0.15, 0.2) is 36.7 Å². The SMILES string of the molecule is CCOC(=O)Cc1c(C)nc2ncnn2c1N1CCN([C@@H](C)c2ccccc2)CC1. The molecule has 1 aliphatic rings. The smallest absolute Gasteiger partial charge is 0.310 e. The van der Waals surface area contributed by atoms with Gasteiger partial charge in [-0.15, -0.1) is 0 Å². The van der Waals surface area contributed by atoms with Gasteiger partial charge < -0.3 is 9.64 Å². The van der Waals surface area contributed by atoms with E-state index in [4.69, 9.17) is 4.74 Å². The highest BCUT2D eigenvalue weighted by Crippen LogP contribution is 2.28. The molecule has 0 aliphatic carbocycles. The van der Waals surface area contributed by atoms with E-state index in [0.29, 0.717) is 18.4 Å². The van der Waals surface area contributed by atoms with Gasteiger partial charge in [0.2, 0.25) is 0 Å². The zero-order chi connectivity index (χ0) is 21.1. The maximum absolute atomic E-state index is 12.3. The number of benzene rings is 1. The Balaban J connectivity index is 1.59. The lowest BCUT2D eigenvalue weighted by atomic mass is 10.1. The molecule has 1 fully saturated rings. The second kappa shape index (κ2) is 8.79. The van der Waals surface area contributed by atoms with Gasteiger partial charge in [0, 0.05) is 43.5 Å². The molecule has 0 N–H and O–H groups in total. The molecule has 1 saturated heterocycles. The molecule has 1 aromatic carbocycles. The van der Waals surface area contributed by atoms with Crippen molar-refractivity contribution in [1.29, 1.82) is 0 Å². The Hall–Kier alpha value is -3.00. The first-order valence-corrected chi connectivity index (χ1v) is 10.5. The lowest BCUT2D eigenvalue weighted by molar-refractivity contribution is -0.142. The maximum Gasteiger partial charge on any atom is 0.310 e. The fourth-order valence-electron chi connectivity index (χ4n) is 4.12. The molecule has 0 amide bonds. The van der Waals surface area contributed by atoms with Gasteiger partial charge in [0.05, 0.1) is 13.0 Å². The number of fused-ring (bicyclic) bond motifs is 1. The lowest BCUT2D eigenvalue weighted by Crippen LogP contribution is -2.48. The van der Waals surface area contributed by atoms with Crippen molar-refractivity contribution in [2.24, 2.45) is 0 Å². The summed E-state index contributed by atoms with van der Waals surface area (Å²) in [6.45, 7) is 9.87. The molecule has 3 heterocycles. The highest BCUT2D eigenvalue weighted by Gasteiger charge is 2.27. The van der Waals surface area contributed by atoms with Crippen LogP contribution < -0.4 is 4.90 Å². The van der Waals surface area contributed by atoms with Crippen LogP contribution in [0.3, 0.4) is 0 Å². The van der Waals surface area contributed by atoms with Gasteiger partial charge in [-0.2, -0.15) is 14.6 Å². The van der Waals surface area contributed by atoms with E-state index < -0.39 is 0 Å². The summed E-state index contributed by atoms with van der Waals surface area (Å²) in [5.74, 6) is 1.20. The van der Waals surface area contributed by atoms with Crippen molar-refractivity contribution in [2.45, 2.75) is 33.2 Å². The van der Waals surface area contributed by atoms with E-state index in [1.165, 1.54) is 11.9 Å². The van der Waals surface area contributed by atoms with E-state index in [0.717, 1.165) is 43.3 Å². The van der Waals surface area contributed by atoms with Crippen molar-refractivity contribution >= 4 is 17.6 Å². The molecule has 0 unspecified atom stereocenters. The summed E-state index contributed by atoms with van der Waals surface area (Å²) in [6, 6.07) is 10.9. The average Bonchev–Trinajstić information content (AvgIpc) is 3.22. The molecule has 0 radical (unpaired) electrons. The first-order chi connectivity index (χ1) is 14.6. The molecule has 8 heteroatoms. The number of nitrogens with zero attached hydrogens (tertiary/aromatic N) is 6. The van der Waals surface area contributed by atoms with Gasteiger partial charge in [-0.25, -0.2) is 4.98 Å². The third-order valence-electron chi connectivity index (χ3n) is 5.77. The minimum absolute atomic E-state index is 0.179. The van der Waals surface area contributed by atoms with E-state index in [1.54, 1.807) is 4.52 Å². The number of aryl methyl sites for hydroxylation is 1. The van der Waals surface area contributed by atoms with E-state index in [-0.39, 0.29) is 12.4 Å². The number of ether oxygens (including phenoxy) is 1. The highest BCUT2D eigenvalue weighted by molar-refractivity contribution is 5.75. The van der Waals surface area contributed by atoms with Crippen LogP contribution in [0.25, 0.3) is 5.78 Å². The summed E-state index contributed by atoms with van der Waals surface area (Å²) >= 11 is 0. The average molecular weight is 409 g/mol. The number of hydrogen-bond acceptors (Lipinski definition) is 7. The van der Waals surface area contributed by atoms with Crippen molar-refractivity contribution in [2.75, 3.05) is 37.7 Å². The van der Waals surface area contributed by atoms with Crippen molar-refractivity contribution < 1.29 is 9.53 Å². The van der Waals surface area contributed by atoms with Crippen LogP contribution in [-0.4, -0.2) is 63.2 Å². The molecule has 2 aromatic heterocycles. The Morgan fingerprint density at radius 3 is 2.60 bits per heavy atom. The molecule has 30 heavy (non-hydrogen) atoms. The molecule has 4 rings (SSSR count). The molecular weight excluding hydrogens is 380 g/mol. The predicted molar refractivity (Wildman–Crippen MR) is 114 cm³/mol. The van der Waals surface area contributed by atoms with Gasteiger partial charge in [-0.3, -0.25) is 9.69 Å². The first kappa shape index (κ1) is 20.3. The summed E-state index contributed by atoms with van der Waals surface area (Å²) in [5, 5.41) is 4.39. The topological polar surface area (TPSA) is 75.9 Å². The summed E-state index contributed by atoms with van der Waals surface area (Å²) in [4.78, 5) is 25.8. The zero-order valence-corrected chi connectivity index (χ0v) is 17.8. The summed E-state index contributed by atoms with van der Waals surface area (Å²) in [6.07, 6.45) is 1.69. The van der Waals surface area contributed by atoms with Crippen LogP contribution >= 0.6 is 0 Å². The fourth-order valence-corrected chi connectivity index (χ4v) is 4.12. The van der Waals surface area contributed by atoms with Gasteiger partial charge >= 0.3 is 5.97 Å². The Morgan fingerprint density at radius 2 is 1.90 bits per heavy atom. The van der Waals surface area contributed by atoms with Crippen LogP contribution in [0.4, 0.5) is 5.82 Å². The molecule has 1 aliphatic heterocycles. The first-order valence-electron chi connectivity index (χ1n) is 10.5. The normalized spacial score (nSPS) is 16.0. The number of anilines is 1. The van der Waals surface area contributed by atoms with Gasteiger partial charge in [0.15, 0.2) is 0 Å². The maximum atomic E-state index is 12.3. The summed E-state index contributed by atoms with van der Waals surface area (Å²) < 4.78 is 6.94. The standard InChI is InChI=1S/C22H28N6O2/c1-4-30-20(29)14-19-16(2)25-22-23-15-24-28(22)21(19)27-12-10-26(11-13-27)17(3)18-8-6-5-7-9-18/h5-9,15,17H,4,10-14H2,1-3H3/t17-/m0/s1. The summed E-state index contributed by atoms with van der Waals surface area (Å²) in [5.41, 5.74) is 2.97. The van der Waals surface area contributed by atoms with E-state index in [2.05, 4.69) is 56.1 Å². The van der Waals surface area contributed by atoms with Gasteiger partial charge in [0.25, 0.3) is 5.78 Å². The van der Waals surface area contributed by atoms with Crippen LogP contribution in [0.1, 0.15) is 36.7 Å². The minimum Gasteiger partial charge on any atom is -0.466 e. The molecular formula is C22H28N6O2. The minimum atomic E-state index is -0.251.